The summed E-state index contributed by atoms with van der Waals surface area (Å²) in [6.45, 7) is 2.09. The molecule has 2 N–H and O–H groups in total. The lowest BCUT2D eigenvalue weighted by Gasteiger charge is -2.12. The lowest BCUT2D eigenvalue weighted by molar-refractivity contribution is -0.383. The third-order valence-electron chi connectivity index (χ3n) is 2.92. The van der Waals surface area contributed by atoms with Crippen LogP contribution in [0.2, 0.25) is 0 Å². The average Bonchev–Trinajstić information content (AvgIpc) is 2.53. The van der Waals surface area contributed by atoms with Gasteiger partial charge in [-0.05, 0) is 48.7 Å². The summed E-state index contributed by atoms with van der Waals surface area (Å²) in [5.41, 5.74) is 1.22. The Hall–Kier alpha value is -2.12. The average molecular weight is 347 g/mol. The summed E-state index contributed by atoms with van der Waals surface area (Å²) in [5, 5.41) is 17.4. The number of thiocarbonyl (C=S) groups is 1. The summed E-state index contributed by atoms with van der Waals surface area (Å²) >= 11 is 6.90. The van der Waals surface area contributed by atoms with E-state index >= 15 is 0 Å². The zero-order valence-corrected chi connectivity index (χ0v) is 14.2. The van der Waals surface area contributed by atoms with E-state index in [2.05, 4.69) is 17.6 Å². The molecule has 0 amide bonds. The van der Waals surface area contributed by atoms with Crippen molar-refractivity contribution in [1.29, 1.82) is 0 Å². The third-order valence-corrected chi connectivity index (χ3v) is 4.32. The number of hydrogen-bond acceptors (Lipinski definition) is 4. The molecule has 0 radical (unpaired) electrons. The predicted octanol–water partition coefficient (Wildman–Crippen LogP) is 4.91. The quantitative estimate of drug-likeness (QED) is 0.335. The highest BCUT2D eigenvalue weighted by atomic mass is 32.2. The number of benzene rings is 2. The van der Waals surface area contributed by atoms with Gasteiger partial charge >= 0.3 is 0 Å². The van der Waals surface area contributed by atoms with Gasteiger partial charge in [-0.1, -0.05) is 25.1 Å². The third kappa shape index (κ3) is 5.22. The minimum Gasteiger partial charge on any atom is -0.332 e. The van der Waals surface area contributed by atoms with Crippen molar-refractivity contribution in [3.05, 3.63) is 58.6 Å². The van der Waals surface area contributed by atoms with Crippen LogP contribution in [0.4, 0.5) is 17.1 Å². The molecular weight excluding hydrogens is 330 g/mol. The topological polar surface area (TPSA) is 67.2 Å². The molecule has 0 aromatic heterocycles. The van der Waals surface area contributed by atoms with Gasteiger partial charge in [0, 0.05) is 16.6 Å². The minimum absolute atomic E-state index is 0.00283. The molecule has 0 unspecified atom stereocenters. The number of nitro groups is 1. The second kappa shape index (κ2) is 8.50. The van der Waals surface area contributed by atoms with Crippen LogP contribution in [-0.4, -0.2) is 15.8 Å². The molecule has 0 saturated carbocycles. The summed E-state index contributed by atoms with van der Waals surface area (Å²) in [7, 11) is 0. The summed E-state index contributed by atoms with van der Waals surface area (Å²) in [5.74, 6) is 0.962. The molecule has 0 spiro atoms. The maximum absolute atomic E-state index is 11.2. The molecule has 2 aromatic rings. The fraction of sp³-hybridized carbons (Fsp3) is 0.188. The first-order valence-corrected chi connectivity index (χ1v) is 8.54. The Morgan fingerprint density at radius 1 is 1.22 bits per heavy atom. The van der Waals surface area contributed by atoms with E-state index in [9.17, 15) is 10.1 Å². The molecule has 5 nitrogen and oxygen atoms in total. The number of rotatable bonds is 6. The van der Waals surface area contributed by atoms with Crippen molar-refractivity contribution in [2.75, 3.05) is 16.4 Å². The van der Waals surface area contributed by atoms with Gasteiger partial charge in [0.05, 0.1) is 4.92 Å². The van der Waals surface area contributed by atoms with Crippen LogP contribution in [0.3, 0.4) is 0 Å². The molecule has 2 rings (SSSR count). The molecule has 0 aliphatic heterocycles. The van der Waals surface area contributed by atoms with Crippen molar-refractivity contribution in [3.8, 4) is 0 Å². The number of nitrogens with one attached hydrogen (secondary N) is 2. The van der Waals surface area contributed by atoms with E-state index < -0.39 is 4.92 Å². The van der Waals surface area contributed by atoms with E-state index in [1.165, 1.54) is 6.07 Å². The first-order chi connectivity index (χ1) is 11.1. The van der Waals surface area contributed by atoms with Gasteiger partial charge in [0.1, 0.15) is 5.69 Å². The van der Waals surface area contributed by atoms with Crippen LogP contribution in [0, 0.1) is 10.1 Å². The molecule has 0 saturated heterocycles. The van der Waals surface area contributed by atoms with E-state index in [1.54, 1.807) is 23.9 Å². The highest BCUT2D eigenvalue weighted by Gasteiger charge is 2.15. The number of nitrogens with zero attached hydrogens (tertiary/aromatic N) is 1. The molecule has 120 valence electrons. The van der Waals surface area contributed by atoms with Gasteiger partial charge in [0.2, 0.25) is 0 Å². The van der Waals surface area contributed by atoms with Crippen LogP contribution in [0.1, 0.15) is 13.3 Å². The first kappa shape index (κ1) is 17.2. The molecule has 2 aromatic carbocycles. The summed E-state index contributed by atoms with van der Waals surface area (Å²) in [6, 6.07) is 14.4. The molecule has 0 fully saturated rings. The molecule has 0 atom stereocenters. The number of thioether (sulfide) groups is 1. The number of para-hydroxylation sites is 1. The van der Waals surface area contributed by atoms with Gasteiger partial charge in [-0.15, -0.1) is 11.8 Å². The molecule has 7 heteroatoms. The Kier molecular flexibility index (Phi) is 6.37. The molecule has 0 aliphatic rings. The van der Waals surface area contributed by atoms with Crippen LogP contribution >= 0.6 is 24.0 Å². The second-order valence-corrected chi connectivity index (χ2v) is 6.31. The highest BCUT2D eigenvalue weighted by Crippen LogP contribution is 2.30. The smallest absolute Gasteiger partial charge is 0.292 e. The number of anilines is 2. The maximum atomic E-state index is 11.2. The van der Waals surface area contributed by atoms with Gasteiger partial charge in [0.25, 0.3) is 5.69 Å². The maximum Gasteiger partial charge on any atom is 0.292 e. The fourth-order valence-electron chi connectivity index (χ4n) is 1.89. The van der Waals surface area contributed by atoms with Crippen molar-refractivity contribution >= 4 is 46.2 Å². The lowest BCUT2D eigenvalue weighted by atomic mass is 10.2. The van der Waals surface area contributed by atoms with Crippen LogP contribution in [-0.2, 0) is 0 Å². The monoisotopic (exact) mass is 347 g/mol. The van der Waals surface area contributed by atoms with Crippen molar-refractivity contribution in [2.24, 2.45) is 0 Å². The Balaban J connectivity index is 2.15. The van der Waals surface area contributed by atoms with Gasteiger partial charge in [0.15, 0.2) is 5.11 Å². The number of hydrogen-bond donors (Lipinski definition) is 2. The molecular formula is C16H17N3O2S2. The highest BCUT2D eigenvalue weighted by molar-refractivity contribution is 7.99. The summed E-state index contributed by atoms with van der Waals surface area (Å²) < 4.78 is 0. The normalized spacial score (nSPS) is 10.1. The van der Waals surface area contributed by atoms with Gasteiger partial charge in [-0.2, -0.15) is 0 Å². The van der Waals surface area contributed by atoms with Crippen molar-refractivity contribution in [1.82, 2.24) is 0 Å². The molecule has 0 bridgehead atoms. The van der Waals surface area contributed by atoms with Crippen LogP contribution in [0.25, 0.3) is 0 Å². The SMILES string of the molecule is CCCSc1ccc([N+](=O)[O-])c(NC(=S)Nc2ccccc2)c1. The second-order valence-electron chi connectivity index (χ2n) is 4.73. The van der Waals surface area contributed by atoms with E-state index in [1.807, 2.05) is 30.3 Å². The van der Waals surface area contributed by atoms with Crippen LogP contribution < -0.4 is 10.6 Å². The van der Waals surface area contributed by atoms with Gasteiger partial charge in [-0.3, -0.25) is 10.1 Å². The van der Waals surface area contributed by atoms with E-state index in [4.69, 9.17) is 12.2 Å². The van der Waals surface area contributed by atoms with E-state index in [0.29, 0.717) is 10.8 Å². The Morgan fingerprint density at radius 3 is 2.61 bits per heavy atom. The van der Waals surface area contributed by atoms with Crippen LogP contribution in [0.5, 0.6) is 0 Å². The minimum atomic E-state index is -0.415. The van der Waals surface area contributed by atoms with Crippen molar-refractivity contribution < 1.29 is 4.92 Å². The lowest BCUT2D eigenvalue weighted by Crippen LogP contribution is -2.19. The Labute approximate surface area is 144 Å². The summed E-state index contributed by atoms with van der Waals surface area (Å²) in [4.78, 5) is 11.7. The Morgan fingerprint density at radius 2 is 1.96 bits per heavy atom. The van der Waals surface area contributed by atoms with Gasteiger partial charge in [-0.25, -0.2) is 0 Å². The Bertz CT molecular complexity index is 693. The number of nitro benzene ring substituents is 1. The molecule has 23 heavy (non-hydrogen) atoms. The molecule has 0 heterocycles. The zero-order valence-electron chi connectivity index (χ0n) is 12.6. The van der Waals surface area contributed by atoms with E-state index in [0.717, 1.165) is 22.8 Å². The fourth-order valence-corrected chi connectivity index (χ4v) is 2.92. The standard InChI is InChI=1S/C16H17N3O2S2/c1-2-10-23-13-8-9-15(19(20)21)14(11-13)18-16(22)17-12-6-4-3-5-7-12/h3-9,11H,2,10H2,1H3,(H2,17,18,22). The zero-order chi connectivity index (χ0) is 16.7. The predicted molar refractivity (Wildman–Crippen MR) is 100 cm³/mol. The molecule has 0 aliphatic carbocycles. The largest absolute Gasteiger partial charge is 0.332 e. The van der Waals surface area contributed by atoms with Gasteiger partial charge < -0.3 is 10.6 Å². The first-order valence-electron chi connectivity index (χ1n) is 7.14. The van der Waals surface area contributed by atoms with E-state index in [-0.39, 0.29) is 5.69 Å². The summed E-state index contributed by atoms with van der Waals surface area (Å²) in [6.07, 6.45) is 1.04. The van der Waals surface area contributed by atoms with Crippen molar-refractivity contribution in [3.63, 3.8) is 0 Å². The van der Waals surface area contributed by atoms with Crippen LogP contribution in [0.15, 0.2) is 53.4 Å². The van der Waals surface area contributed by atoms with Crippen molar-refractivity contribution in [2.45, 2.75) is 18.2 Å².